The first-order valence-electron chi connectivity index (χ1n) is 5.77. The van der Waals surface area contributed by atoms with Gasteiger partial charge in [0.1, 0.15) is 5.82 Å². The van der Waals surface area contributed by atoms with Gasteiger partial charge in [-0.3, -0.25) is 0 Å². The van der Waals surface area contributed by atoms with Gasteiger partial charge in [-0.25, -0.2) is 4.39 Å². The molecule has 2 unspecified atom stereocenters. The van der Waals surface area contributed by atoms with Gasteiger partial charge in [-0.1, -0.05) is 19.1 Å². The second kappa shape index (κ2) is 4.52. The van der Waals surface area contributed by atoms with Crippen LogP contribution in [-0.4, -0.2) is 18.7 Å². The molecule has 0 aliphatic carbocycles. The van der Waals surface area contributed by atoms with E-state index in [-0.39, 0.29) is 17.5 Å². The van der Waals surface area contributed by atoms with E-state index in [1.807, 2.05) is 0 Å². The van der Waals surface area contributed by atoms with Crippen LogP contribution in [0.5, 0.6) is 0 Å². The van der Waals surface area contributed by atoms with E-state index in [0.29, 0.717) is 0 Å². The molecule has 0 aromatic heterocycles. The van der Waals surface area contributed by atoms with Gasteiger partial charge in [0.15, 0.2) is 0 Å². The van der Waals surface area contributed by atoms with Crippen LogP contribution in [0.25, 0.3) is 0 Å². The molecule has 0 bridgehead atoms. The van der Waals surface area contributed by atoms with Gasteiger partial charge < -0.3 is 10.1 Å². The van der Waals surface area contributed by atoms with E-state index >= 15 is 0 Å². The quantitative estimate of drug-likeness (QED) is 0.832. The van der Waals surface area contributed by atoms with E-state index in [1.54, 1.807) is 12.1 Å². The number of ether oxygens (including phenoxy) is 1. The molecule has 1 heterocycles. The van der Waals surface area contributed by atoms with Crippen molar-refractivity contribution in [2.75, 3.05) is 13.1 Å². The van der Waals surface area contributed by atoms with Crippen LogP contribution in [0.1, 0.15) is 31.9 Å². The standard InChI is InChI=1S/C13H18FNO/c1-3-13(2)9-15-8-12(16-13)10-4-6-11(14)7-5-10/h4-7,12,15H,3,8-9H2,1-2H3. The maximum Gasteiger partial charge on any atom is 0.123 e. The maximum absolute atomic E-state index is 12.8. The number of rotatable bonds is 2. The van der Waals surface area contributed by atoms with Crippen LogP contribution in [0.3, 0.4) is 0 Å². The number of hydrogen-bond acceptors (Lipinski definition) is 2. The van der Waals surface area contributed by atoms with Gasteiger partial charge in [-0.05, 0) is 31.0 Å². The highest BCUT2D eigenvalue weighted by Gasteiger charge is 2.31. The van der Waals surface area contributed by atoms with Gasteiger partial charge in [-0.15, -0.1) is 0 Å². The Morgan fingerprint density at radius 1 is 1.44 bits per heavy atom. The molecule has 1 aromatic carbocycles. The highest BCUT2D eigenvalue weighted by atomic mass is 19.1. The normalized spacial score (nSPS) is 30.3. The van der Waals surface area contributed by atoms with Crippen molar-refractivity contribution >= 4 is 0 Å². The fourth-order valence-electron chi connectivity index (χ4n) is 1.97. The van der Waals surface area contributed by atoms with Crippen LogP contribution in [0.15, 0.2) is 24.3 Å². The second-order valence-corrected chi connectivity index (χ2v) is 4.59. The van der Waals surface area contributed by atoms with Crippen molar-refractivity contribution in [3.63, 3.8) is 0 Å². The third kappa shape index (κ3) is 2.42. The Morgan fingerprint density at radius 2 is 2.12 bits per heavy atom. The monoisotopic (exact) mass is 223 g/mol. The number of morpholine rings is 1. The van der Waals surface area contributed by atoms with Crippen molar-refractivity contribution < 1.29 is 9.13 Å². The molecule has 16 heavy (non-hydrogen) atoms. The summed E-state index contributed by atoms with van der Waals surface area (Å²) in [5.74, 6) is -0.203. The van der Waals surface area contributed by atoms with Crippen LogP contribution in [-0.2, 0) is 4.74 Å². The summed E-state index contributed by atoms with van der Waals surface area (Å²) in [4.78, 5) is 0. The minimum absolute atomic E-state index is 0.0271. The molecule has 1 aliphatic heterocycles. The average molecular weight is 223 g/mol. The first-order valence-corrected chi connectivity index (χ1v) is 5.77. The highest BCUT2D eigenvalue weighted by Crippen LogP contribution is 2.29. The van der Waals surface area contributed by atoms with Crippen molar-refractivity contribution in [1.82, 2.24) is 5.32 Å². The Morgan fingerprint density at radius 3 is 2.75 bits per heavy atom. The van der Waals surface area contributed by atoms with Crippen molar-refractivity contribution in [3.8, 4) is 0 Å². The molecule has 2 atom stereocenters. The Kier molecular flexibility index (Phi) is 3.26. The molecular formula is C13H18FNO. The predicted molar refractivity (Wildman–Crippen MR) is 61.8 cm³/mol. The average Bonchev–Trinajstić information content (AvgIpc) is 2.30. The third-order valence-electron chi connectivity index (χ3n) is 3.25. The van der Waals surface area contributed by atoms with E-state index < -0.39 is 0 Å². The molecule has 0 spiro atoms. The van der Waals surface area contributed by atoms with E-state index in [2.05, 4.69) is 19.2 Å². The first kappa shape index (κ1) is 11.6. The summed E-state index contributed by atoms with van der Waals surface area (Å²) in [6.07, 6.45) is 0.997. The van der Waals surface area contributed by atoms with Gasteiger partial charge in [0.05, 0.1) is 11.7 Å². The molecule has 3 heteroatoms. The van der Waals surface area contributed by atoms with Crippen molar-refractivity contribution in [1.29, 1.82) is 0 Å². The summed E-state index contributed by atoms with van der Waals surface area (Å²) in [7, 11) is 0. The molecule has 1 aromatic rings. The Labute approximate surface area is 95.8 Å². The zero-order chi connectivity index (χ0) is 11.6. The lowest BCUT2D eigenvalue weighted by Gasteiger charge is -2.39. The summed E-state index contributed by atoms with van der Waals surface area (Å²) < 4.78 is 18.9. The lowest BCUT2D eigenvalue weighted by Crippen LogP contribution is -2.48. The minimum atomic E-state index is -0.203. The predicted octanol–water partition coefficient (Wildman–Crippen LogP) is 2.66. The molecule has 1 saturated heterocycles. The Hall–Kier alpha value is -0.930. The minimum Gasteiger partial charge on any atom is -0.365 e. The largest absolute Gasteiger partial charge is 0.365 e. The summed E-state index contributed by atoms with van der Waals surface area (Å²) in [5.41, 5.74) is 0.922. The number of hydrogen-bond donors (Lipinski definition) is 1. The van der Waals surface area contributed by atoms with Gasteiger partial charge in [0, 0.05) is 13.1 Å². The molecule has 0 amide bonds. The fraction of sp³-hybridized carbons (Fsp3) is 0.538. The summed E-state index contributed by atoms with van der Waals surface area (Å²) >= 11 is 0. The summed E-state index contributed by atoms with van der Waals surface area (Å²) in [6, 6.07) is 6.55. The lowest BCUT2D eigenvalue weighted by molar-refractivity contribution is -0.109. The van der Waals surface area contributed by atoms with Crippen molar-refractivity contribution in [2.45, 2.75) is 32.0 Å². The molecule has 2 rings (SSSR count). The van der Waals surface area contributed by atoms with Crippen LogP contribution < -0.4 is 5.32 Å². The lowest BCUT2D eigenvalue weighted by atomic mass is 9.98. The van der Waals surface area contributed by atoms with Crippen molar-refractivity contribution in [2.24, 2.45) is 0 Å². The van der Waals surface area contributed by atoms with Crippen LogP contribution in [0.2, 0.25) is 0 Å². The first-order chi connectivity index (χ1) is 7.63. The number of benzene rings is 1. The van der Waals surface area contributed by atoms with Gasteiger partial charge >= 0.3 is 0 Å². The van der Waals surface area contributed by atoms with E-state index in [4.69, 9.17) is 4.74 Å². The van der Waals surface area contributed by atoms with Gasteiger partial charge in [-0.2, -0.15) is 0 Å². The molecule has 2 nitrogen and oxygen atoms in total. The zero-order valence-corrected chi connectivity index (χ0v) is 9.79. The highest BCUT2D eigenvalue weighted by molar-refractivity contribution is 5.19. The SMILES string of the molecule is CCC1(C)CNCC(c2ccc(F)cc2)O1. The second-order valence-electron chi connectivity index (χ2n) is 4.59. The van der Waals surface area contributed by atoms with Crippen LogP contribution >= 0.6 is 0 Å². The van der Waals surface area contributed by atoms with E-state index in [9.17, 15) is 4.39 Å². The van der Waals surface area contributed by atoms with E-state index in [0.717, 1.165) is 25.1 Å². The summed E-state index contributed by atoms with van der Waals surface area (Å²) in [6.45, 7) is 5.90. The van der Waals surface area contributed by atoms with Crippen molar-refractivity contribution in [3.05, 3.63) is 35.6 Å². The molecule has 1 aliphatic rings. The maximum atomic E-state index is 12.8. The Bertz CT molecular complexity index is 351. The van der Waals surface area contributed by atoms with Gasteiger partial charge in [0.2, 0.25) is 0 Å². The van der Waals surface area contributed by atoms with Gasteiger partial charge in [0.25, 0.3) is 0 Å². The summed E-state index contributed by atoms with van der Waals surface area (Å²) in [5, 5.41) is 3.37. The molecule has 0 radical (unpaired) electrons. The topological polar surface area (TPSA) is 21.3 Å². The Balaban J connectivity index is 2.12. The zero-order valence-electron chi connectivity index (χ0n) is 9.79. The van der Waals surface area contributed by atoms with E-state index in [1.165, 1.54) is 12.1 Å². The molecule has 0 saturated carbocycles. The fourth-order valence-corrected chi connectivity index (χ4v) is 1.97. The van der Waals surface area contributed by atoms with Crippen LogP contribution in [0.4, 0.5) is 4.39 Å². The molecule has 88 valence electrons. The molecule has 1 N–H and O–H groups in total. The number of nitrogens with one attached hydrogen (secondary N) is 1. The number of halogens is 1. The molecule has 1 fully saturated rings. The third-order valence-corrected chi connectivity index (χ3v) is 3.25. The molecular weight excluding hydrogens is 205 g/mol. The smallest absolute Gasteiger partial charge is 0.123 e. The van der Waals surface area contributed by atoms with Crippen LogP contribution in [0, 0.1) is 5.82 Å².